The zero-order chi connectivity index (χ0) is 13.7. The van der Waals surface area contributed by atoms with Crippen LogP contribution in [0.15, 0.2) is 29.4 Å². The van der Waals surface area contributed by atoms with Gasteiger partial charge in [0.15, 0.2) is 11.6 Å². The summed E-state index contributed by atoms with van der Waals surface area (Å²) in [6.45, 7) is 0.247. The minimum Gasteiger partial charge on any atom is -0.348 e. The lowest BCUT2D eigenvalue weighted by Crippen LogP contribution is -2.25. The number of H-pyrrole nitrogens is 1. The quantitative estimate of drug-likeness (QED) is 0.816. The molecule has 2 rings (SSSR count). The summed E-state index contributed by atoms with van der Waals surface area (Å²) in [6, 6.07) is 3.51. The van der Waals surface area contributed by atoms with Gasteiger partial charge in [-0.1, -0.05) is 0 Å². The molecule has 0 aliphatic heterocycles. The fraction of sp³-hybridized carbons (Fsp3) is 0.182. The molecule has 0 fully saturated rings. The highest BCUT2D eigenvalue weighted by Gasteiger charge is 2.06. The Labute approximate surface area is 111 Å². The van der Waals surface area contributed by atoms with Crippen LogP contribution in [0.2, 0.25) is 0 Å². The highest BCUT2D eigenvalue weighted by Crippen LogP contribution is 2.19. The van der Waals surface area contributed by atoms with Crippen LogP contribution in [0.4, 0.5) is 8.78 Å². The molecule has 0 unspecified atom stereocenters. The first kappa shape index (κ1) is 13.5. The summed E-state index contributed by atoms with van der Waals surface area (Å²) < 4.78 is 25.6. The number of rotatable bonds is 5. The van der Waals surface area contributed by atoms with Crippen LogP contribution < -0.4 is 5.32 Å². The average molecular weight is 284 g/mol. The molecule has 0 radical (unpaired) electrons. The highest BCUT2D eigenvalue weighted by molar-refractivity contribution is 8.00. The Balaban J connectivity index is 1.78. The van der Waals surface area contributed by atoms with Crippen molar-refractivity contribution in [3.8, 4) is 0 Å². The Hall–Kier alpha value is -1.96. The first-order valence-electron chi connectivity index (χ1n) is 5.34. The van der Waals surface area contributed by atoms with E-state index in [1.807, 2.05) is 0 Å². The Morgan fingerprint density at radius 2 is 2.21 bits per heavy atom. The predicted molar refractivity (Wildman–Crippen MR) is 65.3 cm³/mol. The number of carbonyl (C=O) groups excluding carboxylic acids is 1. The number of nitrogens with zero attached hydrogens (tertiary/aromatic N) is 2. The van der Waals surface area contributed by atoms with Gasteiger partial charge >= 0.3 is 0 Å². The maximum Gasteiger partial charge on any atom is 0.230 e. The van der Waals surface area contributed by atoms with E-state index in [9.17, 15) is 13.6 Å². The lowest BCUT2D eigenvalue weighted by Gasteiger charge is -2.03. The number of thioether (sulfide) groups is 1. The van der Waals surface area contributed by atoms with E-state index < -0.39 is 11.6 Å². The number of carbonyl (C=O) groups is 1. The van der Waals surface area contributed by atoms with Crippen molar-refractivity contribution in [2.45, 2.75) is 11.4 Å². The van der Waals surface area contributed by atoms with Crippen LogP contribution in [0.25, 0.3) is 0 Å². The molecule has 1 aromatic heterocycles. The van der Waals surface area contributed by atoms with Crippen molar-refractivity contribution < 1.29 is 13.6 Å². The number of aromatic nitrogens is 3. The van der Waals surface area contributed by atoms with Gasteiger partial charge in [-0.25, -0.2) is 13.8 Å². The molecule has 0 aliphatic rings. The molecule has 1 heterocycles. The number of benzene rings is 1. The Bertz CT molecular complexity index is 562. The molecule has 5 nitrogen and oxygen atoms in total. The van der Waals surface area contributed by atoms with Gasteiger partial charge in [0.1, 0.15) is 12.2 Å². The van der Waals surface area contributed by atoms with Crippen molar-refractivity contribution >= 4 is 17.7 Å². The third kappa shape index (κ3) is 4.02. The average Bonchev–Trinajstić information content (AvgIpc) is 2.91. The Kier molecular flexibility index (Phi) is 4.45. The molecule has 0 atom stereocenters. The van der Waals surface area contributed by atoms with E-state index in [0.29, 0.717) is 10.7 Å². The molecule has 0 aliphatic carbocycles. The Morgan fingerprint density at radius 1 is 1.37 bits per heavy atom. The second-order valence-electron chi connectivity index (χ2n) is 3.57. The first-order chi connectivity index (χ1) is 9.15. The van der Waals surface area contributed by atoms with Gasteiger partial charge in [0.05, 0.1) is 12.3 Å². The van der Waals surface area contributed by atoms with Crippen LogP contribution in [0.3, 0.4) is 0 Å². The van der Waals surface area contributed by atoms with Crippen molar-refractivity contribution in [2.75, 3.05) is 5.75 Å². The van der Waals surface area contributed by atoms with Crippen LogP contribution in [-0.2, 0) is 11.3 Å². The van der Waals surface area contributed by atoms with Gasteiger partial charge in [-0.05, 0) is 18.2 Å². The number of aromatic amines is 1. The normalized spacial score (nSPS) is 10.4. The molecular weight excluding hydrogens is 274 g/mol. The lowest BCUT2D eigenvalue weighted by atomic mass is 10.3. The van der Waals surface area contributed by atoms with Gasteiger partial charge in [0.25, 0.3) is 0 Å². The van der Waals surface area contributed by atoms with Crippen LogP contribution in [0, 0.1) is 11.6 Å². The molecule has 19 heavy (non-hydrogen) atoms. The molecule has 2 N–H and O–H groups in total. The van der Waals surface area contributed by atoms with Crippen molar-refractivity contribution in [1.29, 1.82) is 0 Å². The van der Waals surface area contributed by atoms with Crippen molar-refractivity contribution in [3.05, 3.63) is 42.0 Å². The van der Waals surface area contributed by atoms with E-state index in [4.69, 9.17) is 0 Å². The maximum atomic E-state index is 12.9. The molecule has 0 saturated heterocycles. The van der Waals surface area contributed by atoms with Gasteiger partial charge in [-0.3, -0.25) is 9.89 Å². The van der Waals surface area contributed by atoms with E-state index >= 15 is 0 Å². The van der Waals surface area contributed by atoms with Crippen LogP contribution in [0.5, 0.6) is 0 Å². The van der Waals surface area contributed by atoms with E-state index in [1.54, 1.807) is 0 Å². The maximum absolute atomic E-state index is 12.9. The summed E-state index contributed by atoms with van der Waals surface area (Å²) in [7, 11) is 0. The number of nitrogens with one attached hydrogen (secondary N) is 2. The molecule has 2 aromatic rings. The lowest BCUT2D eigenvalue weighted by molar-refractivity contribution is -0.118. The smallest absolute Gasteiger partial charge is 0.230 e. The van der Waals surface area contributed by atoms with Crippen molar-refractivity contribution in [1.82, 2.24) is 20.5 Å². The minimum absolute atomic E-state index is 0.110. The molecule has 1 amide bonds. The molecule has 100 valence electrons. The number of hydrogen-bond donors (Lipinski definition) is 2. The second kappa shape index (κ2) is 6.28. The molecule has 0 spiro atoms. The largest absolute Gasteiger partial charge is 0.348 e. The van der Waals surface area contributed by atoms with Crippen molar-refractivity contribution in [2.24, 2.45) is 0 Å². The standard InChI is InChI=1S/C11H10F2N4OS/c12-8-2-1-7(3-9(8)13)19-5-11(18)14-4-10-15-6-16-17-10/h1-3,6H,4-5H2,(H,14,18)(H,15,16,17). The van der Waals surface area contributed by atoms with Crippen LogP contribution in [-0.4, -0.2) is 26.8 Å². The van der Waals surface area contributed by atoms with E-state index in [0.717, 1.165) is 23.9 Å². The Morgan fingerprint density at radius 3 is 2.89 bits per heavy atom. The number of amides is 1. The van der Waals surface area contributed by atoms with Gasteiger partial charge in [0, 0.05) is 4.90 Å². The molecular formula is C11H10F2N4OS. The summed E-state index contributed by atoms with van der Waals surface area (Å²) in [6.07, 6.45) is 1.34. The summed E-state index contributed by atoms with van der Waals surface area (Å²) >= 11 is 1.12. The van der Waals surface area contributed by atoms with Gasteiger partial charge < -0.3 is 5.32 Å². The minimum atomic E-state index is -0.924. The zero-order valence-electron chi connectivity index (χ0n) is 9.69. The van der Waals surface area contributed by atoms with E-state index in [-0.39, 0.29) is 18.2 Å². The monoisotopic (exact) mass is 284 g/mol. The van der Waals surface area contributed by atoms with Gasteiger partial charge in [-0.15, -0.1) is 11.8 Å². The molecule has 8 heteroatoms. The fourth-order valence-electron chi connectivity index (χ4n) is 1.26. The summed E-state index contributed by atoms with van der Waals surface area (Å²) in [4.78, 5) is 15.8. The second-order valence-corrected chi connectivity index (χ2v) is 4.62. The molecule has 1 aromatic carbocycles. The third-order valence-electron chi connectivity index (χ3n) is 2.18. The SMILES string of the molecule is O=C(CSc1ccc(F)c(F)c1)NCc1ncn[nH]1. The number of hydrogen-bond acceptors (Lipinski definition) is 4. The molecule has 0 bridgehead atoms. The first-order valence-corrected chi connectivity index (χ1v) is 6.32. The van der Waals surface area contributed by atoms with E-state index in [1.165, 1.54) is 12.4 Å². The predicted octanol–water partition coefficient (Wildman–Crippen LogP) is 1.49. The number of halogens is 2. The zero-order valence-corrected chi connectivity index (χ0v) is 10.5. The fourth-order valence-corrected chi connectivity index (χ4v) is 2.02. The molecule has 0 saturated carbocycles. The van der Waals surface area contributed by atoms with Crippen LogP contribution >= 0.6 is 11.8 Å². The summed E-state index contributed by atoms with van der Waals surface area (Å²) in [5, 5.41) is 8.87. The third-order valence-corrected chi connectivity index (χ3v) is 3.17. The topological polar surface area (TPSA) is 70.7 Å². The van der Waals surface area contributed by atoms with Crippen molar-refractivity contribution in [3.63, 3.8) is 0 Å². The van der Waals surface area contributed by atoms with E-state index in [2.05, 4.69) is 20.5 Å². The van der Waals surface area contributed by atoms with Gasteiger partial charge in [-0.2, -0.15) is 5.10 Å². The summed E-state index contributed by atoms with van der Waals surface area (Å²) in [5.74, 6) is -1.40. The highest BCUT2D eigenvalue weighted by atomic mass is 32.2. The summed E-state index contributed by atoms with van der Waals surface area (Å²) in [5.41, 5.74) is 0. The van der Waals surface area contributed by atoms with Crippen LogP contribution in [0.1, 0.15) is 5.82 Å². The van der Waals surface area contributed by atoms with Gasteiger partial charge in [0.2, 0.25) is 5.91 Å².